The van der Waals surface area contributed by atoms with Crippen molar-refractivity contribution in [3.05, 3.63) is 47.5 Å². The lowest BCUT2D eigenvalue weighted by Gasteiger charge is -2.08. The van der Waals surface area contributed by atoms with Gasteiger partial charge in [-0.05, 0) is 36.1 Å². The molecule has 0 spiro atoms. The van der Waals surface area contributed by atoms with Gasteiger partial charge in [0.2, 0.25) is 0 Å². The van der Waals surface area contributed by atoms with E-state index in [1.165, 1.54) is 24.3 Å². The first-order valence-electron chi connectivity index (χ1n) is 8.50. The third kappa shape index (κ3) is 3.69. The maximum absolute atomic E-state index is 13.2. The highest BCUT2D eigenvalue weighted by atomic mass is 19.3. The Kier molecular flexibility index (Phi) is 4.32. The van der Waals surface area contributed by atoms with Crippen LogP contribution >= 0.6 is 0 Å². The van der Waals surface area contributed by atoms with Gasteiger partial charge in [-0.2, -0.15) is 0 Å². The van der Waals surface area contributed by atoms with Gasteiger partial charge in [0.1, 0.15) is 5.78 Å². The second-order valence-electron chi connectivity index (χ2n) is 6.36. The molecule has 9 heteroatoms. The lowest BCUT2D eigenvalue weighted by molar-refractivity contribution is -0.287. The van der Waals surface area contributed by atoms with Crippen LogP contribution in [0.3, 0.4) is 0 Å². The second kappa shape index (κ2) is 6.57. The fourth-order valence-electron chi connectivity index (χ4n) is 3.12. The monoisotopic (exact) mass is 398 g/mol. The molecular weight excluding hydrogens is 384 g/mol. The summed E-state index contributed by atoms with van der Waals surface area (Å²) < 4.78 is 70.5. The molecule has 2 aliphatic rings. The molecule has 0 saturated carbocycles. The van der Waals surface area contributed by atoms with Gasteiger partial charge in [0.15, 0.2) is 23.0 Å². The first-order chi connectivity index (χ1) is 13.2. The van der Waals surface area contributed by atoms with Crippen molar-refractivity contribution in [2.75, 3.05) is 0 Å². The van der Waals surface area contributed by atoms with Gasteiger partial charge >= 0.3 is 12.6 Å². The predicted molar refractivity (Wildman–Crippen MR) is 86.9 cm³/mol. The van der Waals surface area contributed by atoms with Gasteiger partial charge in [-0.1, -0.05) is 24.3 Å². The largest absolute Gasteiger partial charge is 0.586 e. The number of para-hydroxylation sites is 2. The quantitative estimate of drug-likeness (QED) is 0.673. The molecule has 2 aromatic rings. The van der Waals surface area contributed by atoms with Crippen LogP contribution in [-0.2, 0) is 17.6 Å². The summed E-state index contributed by atoms with van der Waals surface area (Å²) in [6.07, 6.45) is -6.92. The SMILES string of the molecule is O=C(CCc1cccc2c1OC(F)(F)O2)CCc1cccc2c1OC(F)(F)O2. The molecule has 2 heterocycles. The standard InChI is InChI=1S/C19H14F4O5/c20-18(21)25-14-5-1-3-11(16(14)27-18)7-9-13(24)10-8-12-4-2-6-15-17(12)28-19(22,23)26-15/h1-6H,7-10H2. The molecule has 0 aromatic heterocycles. The molecule has 0 radical (unpaired) electrons. The number of ether oxygens (including phenoxy) is 4. The van der Waals surface area contributed by atoms with Crippen molar-refractivity contribution in [1.82, 2.24) is 0 Å². The van der Waals surface area contributed by atoms with Crippen LogP contribution in [0, 0.1) is 0 Å². The van der Waals surface area contributed by atoms with Gasteiger partial charge in [-0.3, -0.25) is 4.79 Å². The third-order valence-electron chi connectivity index (χ3n) is 4.37. The van der Waals surface area contributed by atoms with Crippen LogP contribution in [0.15, 0.2) is 36.4 Å². The Labute approximate surface area is 156 Å². The van der Waals surface area contributed by atoms with E-state index in [-0.39, 0.29) is 54.5 Å². The van der Waals surface area contributed by atoms with E-state index in [4.69, 9.17) is 0 Å². The number of hydrogen-bond donors (Lipinski definition) is 0. The van der Waals surface area contributed by atoms with Gasteiger partial charge in [0.05, 0.1) is 0 Å². The van der Waals surface area contributed by atoms with Gasteiger partial charge in [0.25, 0.3) is 0 Å². The van der Waals surface area contributed by atoms with Crippen LogP contribution in [0.5, 0.6) is 23.0 Å². The normalized spacial score (nSPS) is 17.6. The number of Topliss-reactive ketones (excluding diaryl/α,β-unsaturated/α-hetero) is 1. The minimum atomic E-state index is -3.72. The van der Waals surface area contributed by atoms with E-state index in [1.807, 2.05) is 0 Å². The zero-order chi connectivity index (χ0) is 19.9. The number of benzene rings is 2. The summed E-state index contributed by atoms with van der Waals surface area (Å²) in [6.45, 7) is 0. The summed E-state index contributed by atoms with van der Waals surface area (Å²) >= 11 is 0. The summed E-state index contributed by atoms with van der Waals surface area (Å²) in [5, 5.41) is 0. The summed E-state index contributed by atoms with van der Waals surface area (Å²) in [4.78, 5) is 12.2. The van der Waals surface area contributed by atoms with Crippen molar-refractivity contribution in [2.45, 2.75) is 38.3 Å². The first kappa shape index (κ1) is 18.4. The number of halogens is 4. The summed E-state index contributed by atoms with van der Waals surface area (Å²) in [7, 11) is 0. The highest BCUT2D eigenvalue weighted by Gasteiger charge is 2.45. The maximum atomic E-state index is 13.2. The van der Waals surface area contributed by atoms with E-state index in [1.54, 1.807) is 12.1 Å². The molecule has 4 rings (SSSR count). The molecule has 0 unspecified atom stereocenters. The Hall–Kier alpha value is -2.97. The lowest BCUT2D eigenvalue weighted by atomic mass is 10.0. The Bertz CT molecular complexity index is 855. The van der Waals surface area contributed by atoms with E-state index < -0.39 is 12.6 Å². The lowest BCUT2D eigenvalue weighted by Crippen LogP contribution is -2.26. The molecule has 0 aliphatic carbocycles. The number of alkyl halides is 4. The van der Waals surface area contributed by atoms with Crippen LogP contribution in [0.4, 0.5) is 17.6 Å². The van der Waals surface area contributed by atoms with Crippen molar-refractivity contribution >= 4 is 5.78 Å². The summed E-state index contributed by atoms with van der Waals surface area (Å²) in [5.41, 5.74) is 0.861. The number of carbonyl (C=O) groups is 1. The molecule has 5 nitrogen and oxygen atoms in total. The first-order valence-corrected chi connectivity index (χ1v) is 8.50. The van der Waals surface area contributed by atoms with Crippen LogP contribution in [0.2, 0.25) is 0 Å². The zero-order valence-electron chi connectivity index (χ0n) is 14.3. The molecule has 2 aliphatic heterocycles. The van der Waals surface area contributed by atoms with Crippen LogP contribution in [0.25, 0.3) is 0 Å². The highest BCUT2D eigenvalue weighted by molar-refractivity contribution is 5.79. The summed E-state index contributed by atoms with van der Waals surface area (Å²) in [5.74, 6) is -0.463. The Morgan fingerprint density at radius 2 is 1.14 bits per heavy atom. The van der Waals surface area contributed by atoms with E-state index >= 15 is 0 Å². The van der Waals surface area contributed by atoms with Crippen molar-refractivity contribution in [1.29, 1.82) is 0 Å². The van der Waals surface area contributed by atoms with E-state index in [2.05, 4.69) is 18.9 Å². The minimum Gasteiger partial charge on any atom is -0.395 e. The second-order valence-corrected chi connectivity index (χ2v) is 6.36. The average Bonchev–Trinajstić information content (AvgIpc) is 3.11. The molecule has 0 atom stereocenters. The van der Waals surface area contributed by atoms with Crippen molar-refractivity contribution in [2.24, 2.45) is 0 Å². The molecule has 0 fully saturated rings. The van der Waals surface area contributed by atoms with Gasteiger partial charge in [-0.15, -0.1) is 17.6 Å². The Morgan fingerprint density at radius 1 is 0.714 bits per heavy atom. The fraction of sp³-hybridized carbons (Fsp3) is 0.316. The van der Waals surface area contributed by atoms with Gasteiger partial charge in [0, 0.05) is 12.8 Å². The maximum Gasteiger partial charge on any atom is 0.586 e. The summed E-state index contributed by atoms with van der Waals surface area (Å²) in [6, 6.07) is 8.94. The number of rotatable bonds is 6. The van der Waals surface area contributed by atoms with Crippen molar-refractivity contribution in [3.63, 3.8) is 0 Å². The molecule has 28 heavy (non-hydrogen) atoms. The van der Waals surface area contributed by atoms with Crippen LogP contribution in [-0.4, -0.2) is 18.4 Å². The zero-order valence-corrected chi connectivity index (χ0v) is 14.3. The van der Waals surface area contributed by atoms with Crippen LogP contribution in [0.1, 0.15) is 24.0 Å². The Balaban J connectivity index is 1.35. The fourth-order valence-corrected chi connectivity index (χ4v) is 3.12. The van der Waals surface area contributed by atoms with Gasteiger partial charge in [-0.25, -0.2) is 0 Å². The molecule has 2 aromatic carbocycles. The number of carbonyl (C=O) groups excluding carboxylic acids is 1. The van der Waals surface area contributed by atoms with Gasteiger partial charge < -0.3 is 18.9 Å². The molecule has 0 amide bonds. The van der Waals surface area contributed by atoms with E-state index in [9.17, 15) is 22.4 Å². The number of ketones is 1. The Morgan fingerprint density at radius 3 is 1.57 bits per heavy atom. The number of hydrogen-bond acceptors (Lipinski definition) is 5. The van der Waals surface area contributed by atoms with Crippen molar-refractivity contribution < 1.29 is 41.3 Å². The number of fused-ring (bicyclic) bond motifs is 2. The topological polar surface area (TPSA) is 54.0 Å². The van der Waals surface area contributed by atoms with Crippen LogP contribution < -0.4 is 18.9 Å². The molecule has 148 valence electrons. The van der Waals surface area contributed by atoms with E-state index in [0.29, 0.717) is 11.1 Å². The molecule has 0 saturated heterocycles. The van der Waals surface area contributed by atoms with Crippen molar-refractivity contribution in [3.8, 4) is 23.0 Å². The molecular formula is C19H14F4O5. The minimum absolute atomic E-state index is 0.0750. The predicted octanol–water partition coefficient (Wildman–Crippen LogP) is 4.46. The molecule has 0 bridgehead atoms. The average molecular weight is 398 g/mol. The van der Waals surface area contributed by atoms with E-state index in [0.717, 1.165) is 0 Å². The molecule has 0 N–H and O–H groups in total. The smallest absolute Gasteiger partial charge is 0.395 e. The highest BCUT2D eigenvalue weighted by Crippen LogP contribution is 2.44. The number of aryl methyl sites for hydroxylation is 2. The third-order valence-corrected chi connectivity index (χ3v) is 4.37.